The van der Waals surface area contributed by atoms with Crippen LogP contribution in [0.25, 0.3) is 11.1 Å². The fraction of sp³-hybridized carbons (Fsp3) is 0.667. The van der Waals surface area contributed by atoms with Gasteiger partial charge in [-0.15, -0.1) is 0 Å². The number of ether oxygens (including phenoxy) is 2. The minimum Gasteiger partial charge on any atom is -0.494 e. The highest BCUT2D eigenvalue weighted by Crippen LogP contribution is 2.25. The molecule has 0 heterocycles. The molecular formula is C36H58O2. The van der Waals surface area contributed by atoms with Crippen LogP contribution in [0.2, 0.25) is 0 Å². The van der Waals surface area contributed by atoms with Crippen molar-refractivity contribution in [1.29, 1.82) is 0 Å². The predicted molar refractivity (Wildman–Crippen MR) is 167 cm³/mol. The highest BCUT2D eigenvalue weighted by Gasteiger charge is 2.01. The van der Waals surface area contributed by atoms with Crippen molar-refractivity contribution in [1.82, 2.24) is 0 Å². The van der Waals surface area contributed by atoms with Gasteiger partial charge in [0.05, 0.1) is 13.2 Å². The fourth-order valence-corrected chi connectivity index (χ4v) is 5.05. The molecule has 0 bridgehead atoms. The van der Waals surface area contributed by atoms with Crippen molar-refractivity contribution in [3.63, 3.8) is 0 Å². The molecule has 0 atom stereocenters. The Kier molecular flexibility index (Phi) is 19.5. The van der Waals surface area contributed by atoms with E-state index < -0.39 is 0 Å². The third-order valence-corrected chi connectivity index (χ3v) is 7.58. The maximum atomic E-state index is 5.97. The normalized spacial score (nSPS) is 11.1. The molecule has 2 heteroatoms. The summed E-state index contributed by atoms with van der Waals surface area (Å²) in [4.78, 5) is 0. The molecule has 0 aromatic heterocycles. The van der Waals surface area contributed by atoms with Crippen LogP contribution in [0, 0.1) is 0 Å². The Hall–Kier alpha value is -1.96. The first-order valence-electron chi connectivity index (χ1n) is 16.3. The van der Waals surface area contributed by atoms with Crippen LogP contribution >= 0.6 is 0 Å². The summed E-state index contributed by atoms with van der Waals surface area (Å²) in [6.45, 7) is 6.21. The van der Waals surface area contributed by atoms with Crippen molar-refractivity contribution in [2.75, 3.05) is 13.2 Å². The third-order valence-electron chi connectivity index (χ3n) is 7.58. The van der Waals surface area contributed by atoms with Gasteiger partial charge in [-0.25, -0.2) is 0 Å². The number of hydrogen-bond donors (Lipinski definition) is 0. The second-order valence-corrected chi connectivity index (χ2v) is 11.1. The molecule has 0 unspecified atom stereocenters. The third kappa shape index (κ3) is 16.1. The van der Waals surface area contributed by atoms with Crippen LogP contribution in [-0.2, 0) is 0 Å². The van der Waals surface area contributed by atoms with Gasteiger partial charge in [0, 0.05) is 0 Å². The number of hydrogen-bond acceptors (Lipinski definition) is 2. The molecule has 0 aliphatic heterocycles. The van der Waals surface area contributed by atoms with Gasteiger partial charge in [0.2, 0.25) is 0 Å². The van der Waals surface area contributed by atoms with E-state index in [-0.39, 0.29) is 0 Å². The molecule has 38 heavy (non-hydrogen) atoms. The molecule has 0 radical (unpaired) electrons. The quantitative estimate of drug-likeness (QED) is 0.121. The molecule has 0 saturated heterocycles. The first-order chi connectivity index (χ1) is 18.8. The van der Waals surface area contributed by atoms with Crippen LogP contribution < -0.4 is 9.47 Å². The van der Waals surface area contributed by atoms with Crippen molar-refractivity contribution in [2.45, 2.75) is 142 Å². The zero-order valence-corrected chi connectivity index (χ0v) is 25.0. The van der Waals surface area contributed by atoms with E-state index in [1.807, 2.05) is 0 Å². The van der Waals surface area contributed by atoms with Crippen molar-refractivity contribution in [3.8, 4) is 22.6 Å². The Morgan fingerprint density at radius 2 is 0.605 bits per heavy atom. The van der Waals surface area contributed by atoms with Crippen molar-refractivity contribution in [2.24, 2.45) is 0 Å². The molecule has 2 rings (SSSR count). The van der Waals surface area contributed by atoms with Crippen LogP contribution in [0.3, 0.4) is 0 Å². The zero-order chi connectivity index (χ0) is 26.9. The Morgan fingerprint density at radius 1 is 0.342 bits per heavy atom. The van der Waals surface area contributed by atoms with E-state index in [0.29, 0.717) is 0 Å². The first kappa shape index (κ1) is 32.3. The molecule has 0 saturated carbocycles. The summed E-state index contributed by atoms with van der Waals surface area (Å²) in [5, 5.41) is 0. The van der Waals surface area contributed by atoms with Gasteiger partial charge in [-0.05, 0) is 48.2 Å². The summed E-state index contributed by atoms with van der Waals surface area (Å²) < 4.78 is 11.9. The SMILES string of the molecule is CCCCCCCCCCCCOc1ccc(-c2ccc(OCCCCCCCCCCCC)cc2)cc1. The Labute approximate surface area is 235 Å². The van der Waals surface area contributed by atoms with E-state index >= 15 is 0 Å². The van der Waals surface area contributed by atoms with Gasteiger partial charge >= 0.3 is 0 Å². The summed E-state index contributed by atoms with van der Waals surface area (Å²) in [7, 11) is 0. The maximum Gasteiger partial charge on any atom is 0.119 e. The predicted octanol–water partition coefficient (Wildman–Crippen LogP) is 12.0. The average Bonchev–Trinajstić information content (AvgIpc) is 2.95. The molecule has 0 N–H and O–H groups in total. The van der Waals surface area contributed by atoms with Crippen molar-refractivity contribution in [3.05, 3.63) is 48.5 Å². The van der Waals surface area contributed by atoms with Crippen LogP contribution in [-0.4, -0.2) is 13.2 Å². The van der Waals surface area contributed by atoms with Crippen LogP contribution in [0.5, 0.6) is 11.5 Å². The van der Waals surface area contributed by atoms with Gasteiger partial charge in [0.25, 0.3) is 0 Å². The molecule has 0 fully saturated rings. The minimum absolute atomic E-state index is 0.820. The second-order valence-electron chi connectivity index (χ2n) is 11.1. The monoisotopic (exact) mass is 522 g/mol. The highest BCUT2D eigenvalue weighted by atomic mass is 16.5. The average molecular weight is 523 g/mol. The Bertz CT molecular complexity index is 697. The van der Waals surface area contributed by atoms with Gasteiger partial charge in [-0.2, -0.15) is 0 Å². The maximum absolute atomic E-state index is 5.97. The first-order valence-corrected chi connectivity index (χ1v) is 16.3. The molecule has 2 nitrogen and oxygen atoms in total. The molecule has 214 valence electrons. The standard InChI is InChI=1S/C36H58O2/c1-3-5-7-9-11-13-15-17-19-21-31-37-35-27-23-33(24-28-35)34-25-29-36(30-26-34)38-32-22-20-18-16-14-12-10-8-6-4-2/h23-30H,3-22,31-32H2,1-2H3. The van der Waals surface area contributed by atoms with E-state index in [2.05, 4.69) is 62.4 Å². The molecule has 0 aliphatic carbocycles. The van der Waals surface area contributed by atoms with E-state index in [1.165, 1.54) is 127 Å². The zero-order valence-electron chi connectivity index (χ0n) is 25.0. The smallest absolute Gasteiger partial charge is 0.119 e. The Balaban J connectivity index is 1.50. The summed E-state index contributed by atoms with van der Waals surface area (Å²) in [5.41, 5.74) is 2.44. The summed E-state index contributed by atoms with van der Waals surface area (Å²) in [5.74, 6) is 1.95. The molecule has 0 aliphatic rings. The van der Waals surface area contributed by atoms with E-state index in [4.69, 9.17) is 9.47 Å². The topological polar surface area (TPSA) is 18.5 Å². The molecule has 0 amide bonds. The molecule has 0 spiro atoms. The largest absolute Gasteiger partial charge is 0.494 e. The summed E-state index contributed by atoms with van der Waals surface area (Å²) >= 11 is 0. The highest BCUT2D eigenvalue weighted by molar-refractivity contribution is 5.64. The van der Waals surface area contributed by atoms with E-state index in [9.17, 15) is 0 Å². The van der Waals surface area contributed by atoms with Crippen molar-refractivity contribution >= 4 is 0 Å². The Morgan fingerprint density at radius 3 is 0.895 bits per heavy atom. The lowest BCUT2D eigenvalue weighted by molar-refractivity contribution is 0.304. The minimum atomic E-state index is 0.820. The number of benzene rings is 2. The molecule has 2 aromatic carbocycles. The van der Waals surface area contributed by atoms with E-state index in [0.717, 1.165) is 37.6 Å². The van der Waals surface area contributed by atoms with Crippen LogP contribution in [0.1, 0.15) is 142 Å². The van der Waals surface area contributed by atoms with Gasteiger partial charge in [0.1, 0.15) is 11.5 Å². The lowest BCUT2D eigenvalue weighted by Crippen LogP contribution is -1.97. The van der Waals surface area contributed by atoms with Crippen LogP contribution in [0.4, 0.5) is 0 Å². The number of rotatable bonds is 25. The fourth-order valence-electron chi connectivity index (χ4n) is 5.05. The second kappa shape index (κ2) is 23.0. The summed E-state index contributed by atoms with van der Waals surface area (Å²) in [6.07, 6.45) is 27.1. The lowest BCUT2D eigenvalue weighted by Gasteiger charge is -2.09. The van der Waals surface area contributed by atoms with Gasteiger partial charge in [-0.3, -0.25) is 0 Å². The number of unbranched alkanes of at least 4 members (excludes halogenated alkanes) is 18. The van der Waals surface area contributed by atoms with E-state index in [1.54, 1.807) is 0 Å². The van der Waals surface area contributed by atoms with Gasteiger partial charge < -0.3 is 9.47 Å². The van der Waals surface area contributed by atoms with Crippen LogP contribution in [0.15, 0.2) is 48.5 Å². The van der Waals surface area contributed by atoms with Gasteiger partial charge in [0.15, 0.2) is 0 Å². The lowest BCUT2D eigenvalue weighted by atomic mass is 10.1. The van der Waals surface area contributed by atoms with Crippen molar-refractivity contribution < 1.29 is 9.47 Å². The van der Waals surface area contributed by atoms with Gasteiger partial charge in [-0.1, -0.05) is 154 Å². The molecule has 2 aromatic rings. The summed E-state index contributed by atoms with van der Waals surface area (Å²) in [6, 6.07) is 17.0. The molecular weight excluding hydrogens is 464 g/mol.